The van der Waals surface area contributed by atoms with Gasteiger partial charge in [-0.25, -0.2) is 0 Å². The molecule has 1 heterocycles. The highest BCUT2D eigenvalue weighted by Crippen LogP contribution is 2.25. The number of benzene rings is 2. The molecular formula is C19H20O3. The fourth-order valence-electron chi connectivity index (χ4n) is 2.42. The maximum atomic E-state index is 11.2. The number of esters is 1. The van der Waals surface area contributed by atoms with E-state index in [0.29, 0.717) is 12.5 Å². The van der Waals surface area contributed by atoms with E-state index in [0.717, 1.165) is 18.6 Å². The molecule has 2 aromatic rings. The molecule has 2 aliphatic rings. The molecule has 1 aliphatic carbocycles. The minimum absolute atomic E-state index is 0.195. The quantitative estimate of drug-likeness (QED) is 0.549. The van der Waals surface area contributed by atoms with Gasteiger partial charge in [0.2, 0.25) is 0 Å². The van der Waals surface area contributed by atoms with Gasteiger partial charge in [0.25, 0.3) is 0 Å². The summed E-state index contributed by atoms with van der Waals surface area (Å²) in [5.74, 6) is -0.195. The van der Waals surface area contributed by atoms with Gasteiger partial charge in [-0.05, 0) is 28.7 Å². The van der Waals surface area contributed by atoms with Crippen LogP contribution >= 0.6 is 0 Å². The van der Waals surface area contributed by atoms with E-state index in [1.165, 1.54) is 30.2 Å². The van der Waals surface area contributed by atoms with E-state index >= 15 is 0 Å². The van der Waals surface area contributed by atoms with Gasteiger partial charge in [0.1, 0.15) is 0 Å². The third kappa shape index (κ3) is 4.18. The van der Waals surface area contributed by atoms with Crippen LogP contribution < -0.4 is 0 Å². The van der Waals surface area contributed by atoms with Crippen LogP contribution in [0.4, 0.5) is 0 Å². The summed E-state index contributed by atoms with van der Waals surface area (Å²) in [6.07, 6.45) is 2.84. The second-order valence-electron chi connectivity index (χ2n) is 5.63. The molecule has 1 saturated heterocycles. The smallest absolute Gasteiger partial charge is 0.309 e. The minimum Gasteiger partial charge on any atom is -0.469 e. The van der Waals surface area contributed by atoms with E-state index in [1.54, 1.807) is 0 Å². The summed E-state index contributed by atoms with van der Waals surface area (Å²) in [7, 11) is 1.41. The number of carbonyl (C=O) groups is 1. The van der Waals surface area contributed by atoms with E-state index in [4.69, 9.17) is 4.74 Å². The Morgan fingerprint density at radius 1 is 1.09 bits per heavy atom. The van der Waals surface area contributed by atoms with Gasteiger partial charge in [0.15, 0.2) is 0 Å². The van der Waals surface area contributed by atoms with Crippen molar-refractivity contribution in [3.63, 3.8) is 0 Å². The number of carbonyl (C=O) groups excluding carboxylic acids is 1. The Morgan fingerprint density at radius 3 is 2.23 bits per heavy atom. The molecule has 0 radical (unpaired) electrons. The van der Waals surface area contributed by atoms with Crippen molar-refractivity contribution in [2.24, 2.45) is 0 Å². The molecule has 1 aliphatic heterocycles. The summed E-state index contributed by atoms with van der Waals surface area (Å²) < 4.78 is 9.84. The first-order valence-electron chi connectivity index (χ1n) is 7.58. The lowest BCUT2D eigenvalue weighted by atomic mass is 10.0. The summed E-state index contributed by atoms with van der Waals surface area (Å²) in [4.78, 5) is 11.2. The molecule has 22 heavy (non-hydrogen) atoms. The monoisotopic (exact) mass is 296 g/mol. The maximum absolute atomic E-state index is 11.2. The zero-order valence-corrected chi connectivity index (χ0v) is 12.7. The third-order valence-corrected chi connectivity index (χ3v) is 3.91. The molecule has 4 rings (SSSR count). The highest BCUT2D eigenvalue weighted by molar-refractivity contribution is 5.72. The Bertz CT molecular complexity index is 638. The number of hydrogen-bond donors (Lipinski definition) is 0. The second kappa shape index (κ2) is 6.75. The summed E-state index contributed by atoms with van der Waals surface area (Å²) in [6, 6.07) is 16.5. The van der Waals surface area contributed by atoms with Gasteiger partial charge < -0.3 is 9.47 Å². The number of methoxy groups -OCH3 is 1. The van der Waals surface area contributed by atoms with Gasteiger partial charge in [0.05, 0.1) is 26.2 Å². The summed E-state index contributed by atoms with van der Waals surface area (Å²) in [6.45, 7) is 0.840. The van der Waals surface area contributed by atoms with Crippen molar-refractivity contribution in [3.05, 3.63) is 70.8 Å². The van der Waals surface area contributed by atoms with E-state index in [1.807, 2.05) is 24.3 Å². The first-order valence-corrected chi connectivity index (χ1v) is 7.58. The standard InChI is InChI=1S/C12H14O3.C7H6/c1-14-12(13)7-10-5-3-2-4-9(10)6-11-8-15-11;1-2-4-7-5-6(7)3-1/h2-5,11H,6-8H2,1H3;1-4H,5H2. The van der Waals surface area contributed by atoms with Crippen molar-refractivity contribution in [2.75, 3.05) is 13.7 Å². The first-order chi connectivity index (χ1) is 10.8. The zero-order valence-electron chi connectivity index (χ0n) is 12.7. The molecule has 0 N–H and O–H groups in total. The molecule has 0 aromatic heterocycles. The van der Waals surface area contributed by atoms with Crippen molar-refractivity contribution in [1.29, 1.82) is 0 Å². The maximum Gasteiger partial charge on any atom is 0.309 e. The average Bonchev–Trinajstić information content (AvgIpc) is 3.44. The van der Waals surface area contributed by atoms with Crippen LogP contribution in [0.2, 0.25) is 0 Å². The van der Waals surface area contributed by atoms with Crippen LogP contribution in [0.5, 0.6) is 0 Å². The Labute approximate surface area is 130 Å². The topological polar surface area (TPSA) is 38.8 Å². The SMILES string of the molecule is COC(=O)Cc1ccccc1CC1CO1.c1ccc2c(c1)C2. The van der Waals surface area contributed by atoms with Crippen LogP contribution in [0.1, 0.15) is 22.3 Å². The lowest BCUT2D eigenvalue weighted by Gasteiger charge is -2.06. The van der Waals surface area contributed by atoms with Crippen molar-refractivity contribution in [3.8, 4) is 0 Å². The van der Waals surface area contributed by atoms with E-state index in [2.05, 4.69) is 29.0 Å². The second-order valence-corrected chi connectivity index (χ2v) is 5.63. The highest BCUT2D eigenvalue weighted by atomic mass is 16.6. The Hall–Kier alpha value is -2.13. The predicted octanol–water partition coefficient (Wildman–Crippen LogP) is 2.93. The number of rotatable bonds is 4. The summed E-state index contributed by atoms with van der Waals surface area (Å²) >= 11 is 0. The largest absolute Gasteiger partial charge is 0.469 e. The van der Waals surface area contributed by atoms with Crippen LogP contribution in [0.25, 0.3) is 0 Å². The van der Waals surface area contributed by atoms with Gasteiger partial charge in [-0.15, -0.1) is 0 Å². The van der Waals surface area contributed by atoms with Crippen LogP contribution in [-0.2, 0) is 33.5 Å². The summed E-state index contributed by atoms with van der Waals surface area (Å²) in [5.41, 5.74) is 5.29. The number of ether oxygens (including phenoxy) is 2. The molecule has 0 bridgehead atoms. The van der Waals surface area contributed by atoms with Gasteiger partial charge >= 0.3 is 5.97 Å². The van der Waals surface area contributed by atoms with Gasteiger partial charge in [-0.2, -0.15) is 0 Å². The normalized spacial score (nSPS) is 16.9. The third-order valence-electron chi connectivity index (χ3n) is 3.91. The van der Waals surface area contributed by atoms with Crippen molar-refractivity contribution in [1.82, 2.24) is 0 Å². The van der Waals surface area contributed by atoms with E-state index in [9.17, 15) is 4.79 Å². The lowest BCUT2D eigenvalue weighted by Crippen LogP contribution is -2.08. The average molecular weight is 296 g/mol. The van der Waals surface area contributed by atoms with Crippen molar-refractivity contribution < 1.29 is 14.3 Å². The molecule has 3 heteroatoms. The van der Waals surface area contributed by atoms with E-state index in [-0.39, 0.29) is 5.97 Å². The van der Waals surface area contributed by atoms with Crippen molar-refractivity contribution >= 4 is 5.97 Å². The van der Waals surface area contributed by atoms with Crippen LogP contribution in [0.15, 0.2) is 48.5 Å². The van der Waals surface area contributed by atoms with Gasteiger partial charge in [-0.3, -0.25) is 4.79 Å². The van der Waals surface area contributed by atoms with Crippen LogP contribution in [-0.4, -0.2) is 25.8 Å². The number of fused-ring (bicyclic) bond motifs is 1. The molecule has 114 valence electrons. The summed E-state index contributed by atoms with van der Waals surface area (Å²) in [5, 5.41) is 0. The Balaban J connectivity index is 0.000000169. The molecule has 1 atom stereocenters. The molecule has 0 spiro atoms. The van der Waals surface area contributed by atoms with Gasteiger partial charge in [-0.1, -0.05) is 48.5 Å². The fraction of sp³-hybridized carbons (Fsp3) is 0.316. The molecule has 3 nitrogen and oxygen atoms in total. The van der Waals surface area contributed by atoms with Crippen molar-refractivity contribution in [2.45, 2.75) is 25.4 Å². The lowest BCUT2D eigenvalue weighted by molar-refractivity contribution is -0.139. The molecule has 1 fully saturated rings. The van der Waals surface area contributed by atoms with E-state index < -0.39 is 0 Å². The highest BCUT2D eigenvalue weighted by Gasteiger charge is 2.23. The zero-order chi connectivity index (χ0) is 15.4. The van der Waals surface area contributed by atoms with Gasteiger partial charge in [0, 0.05) is 6.42 Å². The minimum atomic E-state index is -0.195. The molecular weight excluding hydrogens is 276 g/mol. The molecule has 0 saturated carbocycles. The molecule has 2 aromatic carbocycles. The Kier molecular flexibility index (Phi) is 4.54. The molecule has 1 unspecified atom stereocenters. The van der Waals surface area contributed by atoms with Crippen LogP contribution in [0.3, 0.4) is 0 Å². The van der Waals surface area contributed by atoms with Crippen LogP contribution in [0, 0.1) is 0 Å². The first kappa shape index (κ1) is 14.8. The number of hydrogen-bond acceptors (Lipinski definition) is 3. The Morgan fingerprint density at radius 2 is 1.68 bits per heavy atom. The number of epoxide rings is 1. The molecule has 0 amide bonds. The fourth-order valence-corrected chi connectivity index (χ4v) is 2.42. The predicted molar refractivity (Wildman–Crippen MR) is 84.9 cm³/mol.